The van der Waals surface area contributed by atoms with Crippen LogP contribution in [0.4, 0.5) is 0 Å². The summed E-state index contributed by atoms with van der Waals surface area (Å²) < 4.78 is 26.5. The number of hydrogen-bond acceptors (Lipinski definition) is 5. The maximum absolute atomic E-state index is 13.5. The normalized spacial score (nSPS) is 16.0. The van der Waals surface area contributed by atoms with Gasteiger partial charge in [0.15, 0.2) is 0 Å². The summed E-state index contributed by atoms with van der Waals surface area (Å²) in [4.78, 5) is 40.5. The molecule has 0 aromatic heterocycles. The van der Waals surface area contributed by atoms with Gasteiger partial charge in [-0.3, -0.25) is 14.4 Å². The first-order chi connectivity index (χ1) is 16.1. The highest BCUT2D eigenvalue weighted by atomic mass is 35.5. The number of rotatable bonds is 9. The van der Waals surface area contributed by atoms with Crippen molar-refractivity contribution in [2.45, 2.75) is 57.1 Å². The van der Waals surface area contributed by atoms with Gasteiger partial charge >= 0.3 is 0 Å². The number of carbonyl (C=O) groups excluding carboxylic acids is 3. The van der Waals surface area contributed by atoms with Gasteiger partial charge in [0.1, 0.15) is 17.5 Å². The summed E-state index contributed by atoms with van der Waals surface area (Å²) in [6.45, 7) is 4.83. The Morgan fingerprint density at radius 2 is 1.71 bits per heavy atom. The zero-order chi connectivity index (χ0) is 25.0. The van der Waals surface area contributed by atoms with Crippen LogP contribution in [0, 0.1) is 0 Å². The molecule has 1 aliphatic heterocycles. The van der Waals surface area contributed by atoms with Gasteiger partial charge in [-0.15, -0.1) is 0 Å². The van der Waals surface area contributed by atoms with Crippen LogP contribution in [-0.2, 0) is 26.2 Å². The average Bonchev–Trinajstić information content (AvgIpc) is 3.00. The topological polar surface area (TPSA) is 104 Å². The van der Waals surface area contributed by atoms with E-state index in [-0.39, 0.29) is 29.0 Å². The smallest absolute Gasteiger partial charge is 0.269 e. The Morgan fingerprint density at radius 3 is 2.32 bits per heavy atom. The number of fused-ring (bicyclic) bond motifs is 1. The van der Waals surface area contributed by atoms with Crippen molar-refractivity contribution in [1.82, 2.24) is 14.5 Å². The van der Waals surface area contributed by atoms with Crippen LogP contribution in [0.3, 0.4) is 0 Å². The molecule has 34 heavy (non-hydrogen) atoms. The molecule has 182 valence electrons. The molecule has 0 radical (unpaired) electrons. The predicted octanol–water partition coefficient (Wildman–Crippen LogP) is 3.21. The Kier molecular flexibility index (Phi) is 7.99. The predicted molar refractivity (Wildman–Crippen MR) is 129 cm³/mol. The second kappa shape index (κ2) is 10.6. The van der Waals surface area contributed by atoms with E-state index in [0.717, 1.165) is 0 Å². The Bertz CT molecular complexity index is 1200. The zero-order valence-electron chi connectivity index (χ0n) is 19.3. The molecular formula is C24H28ClN3O5S. The highest BCUT2D eigenvalue weighted by Crippen LogP contribution is 2.30. The number of benzene rings is 2. The van der Waals surface area contributed by atoms with Gasteiger partial charge in [0.05, 0.1) is 5.56 Å². The second-order valence-corrected chi connectivity index (χ2v) is 10.4. The van der Waals surface area contributed by atoms with Crippen LogP contribution >= 0.6 is 11.6 Å². The molecule has 0 bridgehead atoms. The lowest BCUT2D eigenvalue weighted by Gasteiger charge is -2.32. The van der Waals surface area contributed by atoms with Gasteiger partial charge in [0.2, 0.25) is 11.8 Å². The summed E-state index contributed by atoms with van der Waals surface area (Å²) in [7, 11) is -4.17. The van der Waals surface area contributed by atoms with Crippen molar-refractivity contribution in [2.24, 2.45) is 0 Å². The van der Waals surface area contributed by atoms with E-state index in [1.807, 2.05) is 13.8 Å². The van der Waals surface area contributed by atoms with Crippen molar-refractivity contribution in [3.63, 3.8) is 0 Å². The number of sulfonamides is 1. The Hall–Kier alpha value is -2.91. The van der Waals surface area contributed by atoms with E-state index >= 15 is 0 Å². The number of hydrogen-bond donors (Lipinski definition) is 1. The molecule has 0 aliphatic carbocycles. The molecule has 2 aromatic carbocycles. The summed E-state index contributed by atoms with van der Waals surface area (Å²) >= 11 is 6.31. The summed E-state index contributed by atoms with van der Waals surface area (Å²) in [5.41, 5.74) is 0.626. The van der Waals surface area contributed by atoms with Crippen LogP contribution in [0.1, 0.15) is 49.5 Å². The molecule has 2 atom stereocenters. The molecule has 0 fully saturated rings. The fourth-order valence-corrected chi connectivity index (χ4v) is 5.49. The lowest BCUT2D eigenvalue weighted by Crippen LogP contribution is -2.53. The van der Waals surface area contributed by atoms with Crippen molar-refractivity contribution in [1.29, 1.82) is 0 Å². The largest absolute Gasteiger partial charge is 0.352 e. The number of amides is 3. The van der Waals surface area contributed by atoms with Crippen LogP contribution in [0.5, 0.6) is 0 Å². The standard InChI is InChI=1S/C24H28ClN3O5S/c1-4-16(3)26-23(30)20(5-2)27(14-17-10-6-8-12-19(17)25)22(29)15-28-24(31)18-11-7-9-13-21(18)34(28,32)33/h6-13,16,20H,4-5,14-15H2,1-3H3,(H,26,30). The number of nitrogens with zero attached hydrogens (tertiary/aromatic N) is 2. The number of nitrogens with one attached hydrogen (secondary N) is 1. The lowest BCUT2D eigenvalue weighted by atomic mass is 10.1. The van der Waals surface area contributed by atoms with Gasteiger partial charge in [-0.25, -0.2) is 12.7 Å². The minimum Gasteiger partial charge on any atom is -0.352 e. The summed E-state index contributed by atoms with van der Waals surface area (Å²) in [6.07, 6.45) is 0.999. The highest BCUT2D eigenvalue weighted by Gasteiger charge is 2.43. The van der Waals surface area contributed by atoms with Gasteiger partial charge in [-0.05, 0) is 43.5 Å². The molecule has 0 saturated carbocycles. The Morgan fingerprint density at radius 1 is 1.06 bits per heavy atom. The molecule has 2 unspecified atom stereocenters. The fraction of sp³-hybridized carbons (Fsp3) is 0.375. The molecule has 3 amide bonds. The molecule has 1 N–H and O–H groups in total. The Labute approximate surface area is 204 Å². The molecule has 0 spiro atoms. The van der Waals surface area contributed by atoms with Crippen molar-refractivity contribution in [3.05, 3.63) is 64.7 Å². The van der Waals surface area contributed by atoms with Crippen LogP contribution < -0.4 is 5.32 Å². The highest BCUT2D eigenvalue weighted by molar-refractivity contribution is 7.90. The first-order valence-corrected chi connectivity index (χ1v) is 12.9. The molecular weight excluding hydrogens is 478 g/mol. The minimum atomic E-state index is -4.17. The quantitative estimate of drug-likeness (QED) is 0.563. The summed E-state index contributed by atoms with van der Waals surface area (Å²) in [5.74, 6) is -1.79. The minimum absolute atomic E-state index is 0.0139. The van der Waals surface area contributed by atoms with E-state index in [0.29, 0.717) is 27.7 Å². The van der Waals surface area contributed by atoms with Crippen LogP contribution in [0.25, 0.3) is 0 Å². The average molecular weight is 506 g/mol. The first-order valence-electron chi connectivity index (χ1n) is 11.1. The number of carbonyl (C=O) groups is 3. The van der Waals surface area contributed by atoms with Gasteiger partial charge in [0, 0.05) is 17.6 Å². The monoisotopic (exact) mass is 505 g/mol. The third-order valence-corrected chi connectivity index (χ3v) is 8.03. The van der Waals surface area contributed by atoms with Gasteiger partial charge in [-0.1, -0.05) is 55.8 Å². The van der Waals surface area contributed by atoms with E-state index in [9.17, 15) is 22.8 Å². The van der Waals surface area contributed by atoms with Crippen molar-refractivity contribution in [2.75, 3.05) is 6.54 Å². The molecule has 3 rings (SSSR count). The van der Waals surface area contributed by atoms with Crippen molar-refractivity contribution >= 4 is 39.3 Å². The van der Waals surface area contributed by atoms with Crippen molar-refractivity contribution < 1.29 is 22.8 Å². The fourth-order valence-electron chi connectivity index (χ4n) is 3.77. The first kappa shape index (κ1) is 25.7. The summed E-state index contributed by atoms with van der Waals surface area (Å²) in [5, 5.41) is 3.30. The lowest BCUT2D eigenvalue weighted by molar-refractivity contribution is -0.141. The van der Waals surface area contributed by atoms with Gasteiger partial charge < -0.3 is 10.2 Å². The molecule has 8 nitrogen and oxygen atoms in total. The molecule has 10 heteroatoms. The van der Waals surface area contributed by atoms with Crippen molar-refractivity contribution in [3.8, 4) is 0 Å². The third-order valence-electron chi connectivity index (χ3n) is 5.88. The van der Waals surface area contributed by atoms with E-state index in [1.54, 1.807) is 37.3 Å². The van der Waals surface area contributed by atoms with Crippen LogP contribution in [-0.4, -0.2) is 54.0 Å². The maximum Gasteiger partial charge on any atom is 0.269 e. The molecule has 1 heterocycles. The van der Waals surface area contributed by atoms with E-state index < -0.39 is 34.4 Å². The zero-order valence-corrected chi connectivity index (χ0v) is 20.9. The van der Waals surface area contributed by atoms with Crippen LogP contribution in [0.15, 0.2) is 53.4 Å². The van der Waals surface area contributed by atoms with Crippen LogP contribution in [0.2, 0.25) is 5.02 Å². The summed E-state index contributed by atoms with van der Waals surface area (Å²) in [6, 6.07) is 11.8. The van der Waals surface area contributed by atoms with E-state index in [2.05, 4.69) is 5.32 Å². The Balaban J connectivity index is 1.94. The molecule has 1 aliphatic rings. The second-order valence-electron chi connectivity index (χ2n) is 8.17. The number of halogens is 1. The molecule has 2 aromatic rings. The maximum atomic E-state index is 13.5. The van der Waals surface area contributed by atoms with Gasteiger partial charge in [-0.2, -0.15) is 0 Å². The van der Waals surface area contributed by atoms with Gasteiger partial charge in [0.25, 0.3) is 15.9 Å². The molecule has 0 saturated heterocycles. The SMILES string of the molecule is CCC(C)NC(=O)C(CC)N(Cc1ccccc1Cl)C(=O)CN1C(=O)c2ccccc2S1(=O)=O. The van der Waals surface area contributed by atoms with E-state index in [4.69, 9.17) is 11.6 Å². The van der Waals surface area contributed by atoms with E-state index in [1.165, 1.54) is 23.1 Å². The third kappa shape index (κ3) is 5.10.